The predicted molar refractivity (Wildman–Crippen MR) is 92.9 cm³/mol. The van der Waals surface area contributed by atoms with Crippen LogP contribution < -0.4 is 4.90 Å². The van der Waals surface area contributed by atoms with Gasteiger partial charge in [-0.25, -0.2) is 18.4 Å². The quantitative estimate of drug-likeness (QED) is 0.765. The third kappa shape index (κ3) is 3.45. The Morgan fingerprint density at radius 3 is 2.50 bits per heavy atom. The molecule has 28 heavy (non-hydrogen) atoms. The van der Waals surface area contributed by atoms with Crippen molar-refractivity contribution >= 4 is 16.0 Å². The number of hydrogen-bond donors (Lipinski definition) is 0. The number of rotatable bonds is 3. The average Bonchev–Trinajstić information content (AvgIpc) is 3.12. The molecule has 1 aromatic carbocycles. The molecule has 0 spiro atoms. The summed E-state index contributed by atoms with van der Waals surface area (Å²) in [5.74, 6) is 0.469. The number of hydrogen-bond acceptors (Lipinski definition) is 6. The zero-order chi connectivity index (χ0) is 19.9. The Morgan fingerprint density at radius 1 is 1.07 bits per heavy atom. The van der Waals surface area contributed by atoms with E-state index >= 15 is 0 Å². The van der Waals surface area contributed by atoms with E-state index in [1.54, 1.807) is 0 Å². The molecule has 2 aromatic rings. The molecule has 0 amide bonds. The fourth-order valence-electron chi connectivity index (χ4n) is 3.26. The molecule has 0 aliphatic carbocycles. The van der Waals surface area contributed by atoms with Crippen molar-refractivity contribution in [2.45, 2.75) is 24.2 Å². The van der Waals surface area contributed by atoms with Crippen LogP contribution in [0.5, 0.6) is 0 Å². The molecule has 7 nitrogen and oxygen atoms in total. The van der Waals surface area contributed by atoms with Crippen molar-refractivity contribution in [2.24, 2.45) is 0 Å². The molecule has 1 aromatic heterocycles. The molecule has 1 saturated heterocycles. The molecule has 0 unspecified atom stereocenters. The Hall–Kier alpha value is -2.24. The Labute approximate surface area is 159 Å². The minimum Gasteiger partial charge on any atom is -0.378 e. The van der Waals surface area contributed by atoms with Gasteiger partial charge in [0.2, 0.25) is 16.0 Å². The Balaban J connectivity index is 1.62. The first-order valence-corrected chi connectivity index (χ1v) is 10.0. The van der Waals surface area contributed by atoms with E-state index in [2.05, 4.69) is 9.97 Å². The van der Waals surface area contributed by atoms with Gasteiger partial charge in [-0.3, -0.25) is 0 Å². The highest BCUT2D eigenvalue weighted by atomic mass is 32.2. The molecule has 2 aliphatic heterocycles. The largest absolute Gasteiger partial charge is 0.417 e. The Bertz CT molecular complexity index is 991. The van der Waals surface area contributed by atoms with Crippen LogP contribution in [-0.2, 0) is 34.0 Å². The summed E-state index contributed by atoms with van der Waals surface area (Å²) in [5.41, 5.74) is -0.0827. The molecule has 11 heteroatoms. The van der Waals surface area contributed by atoms with E-state index in [0.29, 0.717) is 43.5 Å². The second-order valence-electron chi connectivity index (χ2n) is 6.51. The first-order valence-electron chi connectivity index (χ1n) is 8.60. The van der Waals surface area contributed by atoms with Gasteiger partial charge < -0.3 is 9.64 Å². The summed E-state index contributed by atoms with van der Waals surface area (Å²) < 4.78 is 71.9. The molecule has 4 rings (SSSR count). The summed E-state index contributed by atoms with van der Waals surface area (Å²) >= 11 is 0. The maximum Gasteiger partial charge on any atom is 0.417 e. The van der Waals surface area contributed by atoms with Crippen LogP contribution >= 0.6 is 0 Å². The number of sulfonamides is 1. The van der Waals surface area contributed by atoms with Crippen LogP contribution in [-0.4, -0.2) is 49.0 Å². The highest BCUT2D eigenvalue weighted by Crippen LogP contribution is 2.37. The van der Waals surface area contributed by atoms with E-state index in [9.17, 15) is 21.6 Å². The highest BCUT2D eigenvalue weighted by Gasteiger charge is 2.40. The van der Waals surface area contributed by atoms with E-state index in [1.165, 1.54) is 18.3 Å². The standard InChI is InChI=1S/C17H17F3N4O3S/c18-17(19,20)13-3-1-2-4-15(13)28(25,26)24-10-12-9-21-16(22-14(12)11-24)23-5-7-27-8-6-23/h1-4,9H,5-8,10-11H2. The number of ether oxygens (including phenoxy) is 1. The topological polar surface area (TPSA) is 75.6 Å². The van der Waals surface area contributed by atoms with Crippen LogP contribution in [0.3, 0.4) is 0 Å². The van der Waals surface area contributed by atoms with Crippen molar-refractivity contribution in [1.82, 2.24) is 14.3 Å². The highest BCUT2D eigenvalue weighted by molar-refractivity contribution is 7.89. The number of anilines is 1. The summed E-state index contributed by atoms with van der Waals surface area (Å²) in [5, 5.41) is 0. The normalized spacial score (nSPS) is 18.3. The number of nitrogens with zero attached hydrogens (tertiary/aromatic N) is 4. The van der Waals surface area contributed by atoms with Gasteiger partial charge >= 0.3 is 6.18 Å². The van der Waals surface area contributed by atoms with Gasteiger partial charge in [0.15, 0.2) is 0 Å². The molecule has 0 atom stereocenters. The van der Waals surface area contributed by atoms with Gasteiger partial charge in [0, 0.05) is 31.4 Å². The second kappa shape index (κ2) is 6.98. The summed E-state index contributed by atoms with van der Waals surface area (Å²) in [7, 11) is -4.35. The maximum absolute atomic E-state index is 13.3. The van der Waals surface area contributed by atoms with Gasteiger partial charge in [-0.1, -0.05) is 12.1 Å². The maximum atomic E-state index is 13.3. The predicted octanol–water partition coefficient (Wildman–Crippen LogP) is 2.04. The minimum atomic E-state index is -4.76. The number of benzene rings is 1. The van der Waals surface area contributed by atoms with Gasteiger partial charge in [0.05, 0.1) is 35.9 Å². The molecule has 0 radical (unpaired) electrons. The van der Waals surface area contributed by atoms with Crippen molar-refractivity contribution in [3.8, 4) is 0 Å². The molecular weight excluding hydrogens is 397 g/mol. The molecule has 0 saturated carbocycles. The van der Waals surface area contributed by atoms with Gasteiger partial charge in [-0.15, -0.1) is 0 Å². The minimum absolute atomic E-state index is 0.0623. The number of alkyl halides is 3. The Kier molecular flexibility index (Phi) is 4.76. The summed E-state index contributed by atoms with van der Waals surface area (Å²) in [6.45, 7) is 2.20. The summed E-state index contributed by atoms with van der Waals surface area (Å²) in [6.07, 6.45) is -3.22. The molecule has 150 valence electrons. The average molecular weight is 414 g/mol. The zero-order valence-corrected chi connectivity index (χ0v) is 15.5. The monoisotopic (exact) mass is 414 g/mol. The lowest BCUT2D eigenvalue weighted by atomic mass is 10.2. The second-order valence-corrected chi connectivity index (χ2v) is 8.41. The SMILES string of the molecule is O=S(=O)(c1ccccc1C(F)(F)F)N1Cc2cnc(N3CCOCC3)nc2C1. The van der Waals surface area contributed by atoms with E-state index in [-0.39, 0.29) is 13.1 Å². The van der Waals surface area contributed by atoms with Crippen molar-refractivity contribution in [2.75, 3.05) is 31.2 Å². The number of fused-ring (bicyclic) bond motifs is 1. The van der Waals surface area contributed by atoms with Gasteiger partial charge in [-0.05, 0) is 12.1 Å². The van der Waals surface area contributed by atoms with E-state index < -0.39 is 26.7 Å². The molecule has 0 bridgehead atoms. The van der Waals surface area contributed by atoms with Gasteiger partial charge in [-0.2, -0.15) is 17.5 Å². The molecular formula is C17H17F3N4O3S. The van der Waals surface area contributed by atoms with Crippen molar-refractivity contribution < 1.29 is 26.3 Å². The van der Waals surface area contributed by atoms with Crippen LogP contribution in [0, 0.1) is 0 Å². The lowest BCUT2D eigenvalue weighted by Crippen LogP contribution is -2.37. The van der Waals surface area contributed by atoms with Gasteiger partial charge in [0.25, 0.3) is 0 Å². The van der Waals surface area contributed by atoms with Crippen molar-refractivity contribution in [1.29, 1.82) is 0 Å². The molecule has 3 heterocycles. The van der Waals surface area contributed by atoms with Crippen LogP contribution in [0.2, 0.25) is 0 Å². The number of halogens is 3. The number of morpholine rings is 1. The third-order valence-corrected chi connectivity index (χ3v) is 6.57. The first-order chi connectivity index (χ1) is 13.3. The van der Waals surface area contributed by atoms with Crippen molar-refractivity contribution in [3.05, 3.63) is 47.3 Å². The molecule has 1 fully saturated rings. The molecule has 0 N–H and O–H groups in total. The van der Waals surface area contributed by atoms with Crippen LogP contribution in [0.25, 0.3) is 0 Å². The lowest BCUT2D eigenvalue weighted by molar-refractivity contribution is -0.139. The smallest absolute Gasteiger partial charge is 0.378 e. The third-order valence-electron chi connectivity index (χ3n) is 4.72. The van der Waals surface area contributed by atoms with Gasteiger partial charge in [0.1, 0.15) is 0 Å². The molecule has 2 aliphatic rings. The fraction of sp³-hybridized carbons (Fsp3) is 0.412. The van der Waals surface area contributed by atoms with Crippen LogP contribution in [0.4, 0.5) is 19.1 Å². The number of aromatic nitrogens is 2. The lowest BCUT2D eigenvalue weighted by Gasteiger charge is -2.26. The summed E-state index contributed by atoms with van der Waals surface area (Å²) in [6, 6.07) is 4.20. The van der Waals surface area contributed by atoms with Crippen molar-refractivity contribution in [3.63, 3.8) is 0 Å². The van der Waals surface area contributed by atoms with Crippen LogP contribution in [0.1, 0.15) is 16.8 Å². The van der Waals surface area contributed by atoms with E-state index in [1.807, 2.05) is 4.90 Å². The van der Waals surface area contributed by atoms with E-state index in [4.69, 9.17) is 4.74 Å². The summed E-state index contributed by atoms with van der Waals surface area (Å²) in [4.78, 5) is 9.89. The Morgan fingerprint density at radius 2 is 1.79 bits per heavy atom. The van der Waals surface area contributed by atoms with Crippen LogP contribution in [0.15, 0.2) is 35.4 Å². The first kappa shape index (κ1) is 19.1. The van der Waals surface area contributed by atoms with E-state index in [0.717, 1.165) is 16.4 Å². The fourth-order valence-corrected chi connectivity index (χ4v) is 4.86. The zero-order valence-electron chi connectivity index (χ0n) is 14.7.